The molecule has 0 unspecified atom stereocenters. The van der Waals surface area contributed by atoms with Gasteiger partial charge in [-0.15, -0.1) is 0 Å². The summed E-state index contributed by atoms with van der Waals surface area (Å²) in [5.41, 5.74) is 2.78. The Hall–Kier alpha value is -3.08. The number of benzene rings is 2. The van der Waals surface area contributed by atoms with Crippen molar-refractivity contribution >= 4 is 11.6 Å². The minimum atomic E-state index is -0.0996. The lowest BCUT2D eigenvalue weighted by Crippen LogP contribution is -2.47. The summed E-state index contributed by atoms with van der Waals surface area (Å²) in [7, 11) is 3.17. The van der Waals surface area contributed by atoms with E-state index >= 15 is 0 Å². The Balaban J connectivity index is 1.80. The highest BCUT2D eigenvalue weighted by Gasteiger charge is 2.32. The van der Waals surface area contributed by atoms with Gasteiger partial charge in [0.25, 0.3) is 5.91 Å². The van der Waals surface area contributed by atoms with Crippen LogP contribution in [0.1, 0.15) is 34.3 Å². The molecule has 7 heteroatoms. The largest absolute Gasteiger partial charge is 0.493 e. The first kappa shape index (κ1) is 20.2. The van der Waals surface area contributed by atoms with Crippen LogP contribution < -0.4 is 19.7 Å². The van der Waals surface area contributed by atoms with Crippen LogP contribution in [0.3, 0.4) is 0 Å². The minimum absolute atomic E-state index is 0.0996. The molecule has 1 N–H and O–H groups in total. The molecule has 0 radical (unpaired) electrons. The number of carbonyl (C=O) groups is 1. The Labute approximate surface area is 176 Å². The van der Waals surface area contributed by atoms with E-state index in [1.165, 1.54) is 0 Å². The predicted octanol–water partition coefficient (Wildman–Crippen LogP) is 2.75. The molecule has 1 saturated heterocycles. The highest BCUT2D eigenvalue weighted by molar-refractivity contribution is 6.07. The van der Waals surface area contributed by atoms with Crippen LogP contribution >= 0.6 is 0 Å². The maximum absolute atomic E-state index is 13.6. The summed E-state index contributed by atoms with van der Waals surface area (Å²) in [4.78, 5) is 17.8. The van der Waals surface area contributed by atoms with Crippen molar-refractivity contribution in [3.05, 3.63) is 53.1 Å². The lowest BCUT2D eigenvalue weighted by Gasteiger charge is -2.36. The molecule has 156 valence electrons. The summed E-state index contributed by atoms with van der Waals surface area (Å²) in [6, 6.07) is 13.4. The van der Waals surface area contributed by atoms with Crippen LogP contribution in [0.2, 0.25) is 0 Å². The fourth-order valence-electron chi connectivity index (χ4n) is 4.27. The Morgan fingerprint density at radius 3 is 2.53 bits per heavy atom. The zero-order valence-corrected chi connectivity index (χ0v) is 17.4. The number of nitriles is 1. The Kier molecular flexibility index (Phi) is 5.88. The van der Waals surface area contributed by atoms with Gasteiger partial charge in [0.1, 0.15) is 0 Å². The maximum Gasteiger partial charge on any atom is 0.259 e. The second-order valence-corrected chi connectivity index (χ2v) is 7.63. The molecule has 4 rings (SSSR count). The van der Waals surface area contributed by atoms with E-state index in [-0.39, 0.29) is 5.91 Å². The minimum Gasteiger partial charge on any atom is -0.493 e. The lowest BCUT2D eigenvalue weighted by atomic mass is 10.0. The lowest BCUT2D eigenvalue weighted by molar-refractivity contribution is 0.0957. The number of fused-ring (bicyclic) bond motifs is 1. The van der Waals surface area contributed by atoms with E-state index in [4.69, 9.17) is 9.47 Å². The molecule has 2 aliphatic rings. The first-order valence-electron chi connectivity index (χ1n) is 10.2. The van der Waals surface area contributed by atoms with Gasteiger partial charge in [-0.25, -0.2) is 0 Å². The molecule has 1 fully saturated rings. The van der Waals surface area contributed by atoms with Crippen molar-refractivity contribution in [3.8, 4) is 17.6 Å². The normalized spacial score (nSPS) is 17.8. The monoisotopic (exact) mass is 406 g/mol. The summed E-state index contributed by atoms with van der Waals surface area (Å²) < 4.78 is 10.9. The fourth-order valence-corrected chi connectivity index (χ4v) is 4.27. The van der Waals surface area contributed by atoms with Gasteiger partial charge in [0.05, 0.1) is 32.5 Å². The highest BCUT2D eigenvalue weighted by Crippen LogP contribution is 2.35. The topological polar surface area (TPSA) is 77.8 Å². The van der Waals surface area contributed by atoms with Crippen LogP contribution in [0.15, 0.2) is 36.4 Å². The van der Waals surface area contributed by atoms with Gasteiger partial charge in [0.2, 0.25) is 0 Å². The number of amides is 1. The average molecular weight is 406 g/mol. The zero-order chi connectivity index (χ0) is 21.1. The van der Waals surface area contributed by atoms with E-state index in [2.05, 4.69) is 16.3 Å². The quantitative estimate of drug-likeness (QED) is 0.841. The number of nitrogens with zero attached hydrogens (tertiary/aromatic N) is 3. The number of piperidine rings is 1. The van der Waals surface area contributed by atoms with Gasteiger partial charge < -0.3 is 14.8 Å². The van der Waals surface area contributed by atoms with Crippen LogP contribution in [0, 0.1) is 11.3 Å². The Morgan fingerprint density at radius 2 is 1.83 bits per heavy atom. The number of hydrogen-bond acceptors (Lipinski definition) is 6. The van der Waals surface area contributed by atoms with Gasteiger partial charge in [-0.1, -0.05) is 6.07 Å². The molecule has 0 saturated carbocycles. The molecule has 2 aromatic carbocycles. The van der Waals surface area contributed by atoms with Crippen LogP contribution in [0.25, 0.3) is 0 Å². The van der Waals surface area contributed by atoms with E-state index in [1.807, 2.05) is 18.2 Å². The van der Waals surface area contributed by atoms with Crippen LogP contribution in [-0.2, 0) is 6.54 Å². The van der Waals surface area contributed by atoms with E-state index in [0.29, 0.717) is 41.9 Å². The predicted molar refractivity (Wildman–Crippen MR) is 114 cm³/mol. The third-order valence-corrected chi connectivity index (χ3v) is 5.89. The van der Waals surface area contributed by atoms with E-state index < -0.39 is 0 Å². The average Bonchev–Trinajstić information content (AvgIpc) is 2.95. The molecule has 0 spiro atoms. The van der Waals surface area contributed by atoms with Crippen molar-refractivity contribution in [2.45, 2.75) is 25.4 Å². The number of rotatable bonds is 4. The number of nitrogens with one attached hydrogen (secondary N) is 1. The zero-order valence-electron chi connectivity index (χ0n) is 17.4. The fraction of sp³-hybridized carbons (Fsp3) is 0.391. The molecule has 0 aliphatic carbocycles. The number of ether oxygens (including phenoxy) is 2. The molecule has 2 aliphatic heterocycles. The molecule has 2 aromatic rings. The highest BCUT2D eigenvalue weighted by atomic mass is 16.5. The summed E-state index contributed by atoms with van der Waals surface area (Å²) in [6.45, 7) is 3.06. The summed E-state index contributed by atoms with van der Waals surface area (Å²) in [6.07, 6.45) is 2.06. The van der Waals surface area contributed by atoms with Crippen molar-refractivity contribution in [2.75, 3.05) is 38.9 Å². The molecule has 0 aromatic heterocycles. The molecule has 30 heavy (non-hydrogen) atoms. The van der Waals surface area contributed by atoms with Crippen LogP contribution in [0.4, 0.5) is 5.69 Å². The molecule has 1 amide bonds. The van der Waals surface area contributed by atoms with Crippen LogP contribution in [0.5, 0.6) is 11.5 Å². The Bertz CT molecular complexity index is 979. The summed E-state index contributed by atoms with van der Waals surface area (Å²) in [5.74, 6) is 1.05. The number of hydrogen-bond donors (Lipinski definition) is 1. The standard InChI is InChI=1S/C23H26N4O3/c1-29-21-11-17-14-26(18-6-8-25-9-7-18)15-27(19-5-3-4-16(10-19)13-24)23(28)20(17)12-22(21)30-2/h3-5,10-12,18,25H,6-9,14-15H2,1-2H3. The Morgan fingerprint density at radius 1 is 1.10 bits per heavy atom. The molecule has 0 atom stereocenters. The smallest absolute Gasteiger partial charge is 0.259 e. The first-order valence-corrected chi connectivity index (χ1v) is 10.2. The number of methoxy groups -OCH3 is 2. The summed E-state index contributed by atoms with van der Waals surface area (Å²) in [5, 5.41) is 12.7. The van der Waals surface area contributed by atoms with Gasteiger partial charge in [0.15, 0.2) is 11.5 Å². The van der Waals surface area contributed by atoms with Crippen molar-refractivity contribution in [3.63, 3.8) is 0 Å². The number of anilines is 1. The van der Waals surface area contributed by atoms with Crippen molar-refractivity contribution in [1.29, 1.82) is 5.26 Å². The van der Waals surface area contributed by atoms with Gasteiger partial charge >= 0.3 is 0 Å². The van der Waals surface area contributed by atoms with Crippen molar-refractivity contribution in [1.82, 2.24) is 10.2 Å². The van der Waals surface area contributed by atoms with E-state index in [0.717, 1.165) is 37.2 Å². The van der Waals surface area contributed by atoms with Crippen molar-refractivity contribution in [2.24, 2.45) is 0 Å². The third-order valence-electron chi connectivity index (χ3n) is 5.89. The first-order chi connectivity index (χ1) is 14.6. The molecule has 7 nitrogen and oxygen atoms in total. The van der Waals surface area contributed by atoms with E-state index in [9.17, 15) is 10.1 Å². The molecular formula is C23H26N4O3. The second kappa shape index (κ2) is 8.74. The van der Waals surface area contributed by atoms with Gasteiger partial charge in [-0.3, -0.25) is 14.6 Å². The molecule has 2 heterocycles. The molecule has 0 bridgehead atoms. The SMILES string of the molecule is COc1cc2c(cc1OC)C(=O)N(c1cccc(C#N)c1)CN(C1CCNCC1)C2. The summed E-state index contributed by atoms with van der Waals surface area (Å²) >= 11 is 0. The van der Waals surface area contributed by atoms with E-state index in [1.54, 1.807) is 37.3 Å². The maximum atomic E-state index is 13.6. The third kappa shape index (κ3) is 3.84. The van der Waals surface area contributed by atoms with Gasteiger partial charge in [-0.05, 0) is 61.8 Å². The van der Waals surface area contributed by atoms with Gasteiger partial charge in [0, 0.05) is 23.8 Å². The van der Waals surface area contributed by atoms with Gasteiger partial charge in [-0.2, -0.15) is 5.26 Å². The second-order valence-electron chi connectivity index (χ2n) is 7.63. The van der Waals surface area contributed by atoms with Crippen molar-refractivity contribution < 1.29 is 14.3 Å². The van der Waals surface area contributed by atoms with Crippen LogP contribution in [-0.4, -0.2) is 50.8 Å². The molecular weight excluding hydrogens is 380 g/mol. The number of carbonyl (C=O) groups excluding carboxylic acids is 1.